The second kappa shape index (κ2) is 20.8. The molecular formula is C15H30N2O. The first-order valence-electron chi connectivity index (χ1n) is 6.49. The first-order valence-corrected chi connectivity index (χ1v) is 6.49. The van der Waals surface area contributed by atoms with Crippen LogP contribution in [0.4, 0.5) is 4.79 Å². The number of nitrogens with one attached hydrogen (secondary N) is 1. The van der Waals surface area contributed by atoms with Crippen LogP contribution < -0.4 is 5.32 Å². The number of rotatable bonds is 0. The van der Waals surface area contributed by atoms with Gasteiger partial charge >= 0.3 is 6.03 Å². The van der Waals surface area contributed by atoms with Crippen molar-refractivity contribution in [3.8, 4) is 0 Å². The predicted molar refractivity (Wildman–Crippen MR) is 81.9 cm³/mol. The summed E-state index contributed by atoms with van der Waals surface area (Å²) in [7, 11) is 4.99. The molecule has 18 heavy (non-hydrogen) atoms. The lowest BCUT2D eigenvalue weighted by molar-refractivity contribution is 0.219. The van der Waals surface area contributed by atoms with Crippen LogP contribution >= 0.6 is 0 Å². The molecule has 0 radical (unpaired) electrons. The Balaban J connectivity index is -0.000000186. The van der Waals surface area contributed by atoms with Gasteiger partial charge in [0.05, 0.1) is 0 Å². The molecule has 0 aliphatic rings. The van der Waals surface area contributed by atoms with Gasteiger partial charge in [0.1, 0.15) is 0 Å². The van der Waals surface area contributed by atoms with Crippen molar-refractivity contribution in [3.05, 3.63) is 36.4 Å². The van der Waals surface area contributed by atoms with Crippen molar-refractivity contribution in [2.45, 2.75) is 34.1 Å². The van der Waals surface area contributed by atoms with E-state index in [1.807, 2.05) is 50.2 Å². The van der Waals surface area contributed by atoms with Gasteiger partial charge in [0.15, 0.2) is 0 Å². The molecule has 0 bridgehead atoms. The van der Waals surface area contributed by atoms with E-state index >= 15 is 0 Å². The number of amides is 2. The van der Waals surface area contributed by atoms with Crippen molar-refractivity contribution in [2.24, 2.45) is 0 Å². The zero-order valence-corrected chi connectivity index (χ0v) is 13.0. The van der Waals surface area contributed by atoms with Crippen LogP contribution in [0.5, 0.6) is 0 Å². The SMILES string of the molecule is CC.CCC.CNC(=O)N(C)C.c1ccccc1. The highest BCUT2D eigenvalue weighted by Crippen LogP contribution is 1.79. The third-order valence-corrected chi connectivity index (χ3v) is 1.29. The molecule has 0 heterocycles. The van der Waals surface area contributed by atoms with Gasteiger partial charge in [-0.15, -0.1) is 0 Å². The molecular weight excluding hydrogens is 224 g/mol. The molecule has 1 aromatic carbocycles. The molecule has 3 heteroatoms. The molecule has 0 aliphatic heterocycles. The van der Waals surface area contributed by atoms with E-state index in [4.69, 9.17) is 0 Å². The van der Waals surface area contributed by atoms with Crippen LogP contribution in [0, 0.1) is 0 Å². The lowest BCUT2D eigenvalue weighted by atomic mass is 10.4. The Hall–Kier alpha value is -1.51. The number of carbonyl (C=O) groups is 1. The predicted octanol–water partition coefficient (Wildman–Crippen LogP) is 4.02. The molecule has 3 nitrogen and oxygen atoms in total. The maximum absolute atomic E-state index is 10.3. The van der Waals surface area contributed by atoms with Gasteiger partial charge in [-0.25, -0.2) is 4.79 Å². The summed E-state index contributed by atoms with van der Waals surface area (Å²) in [6.07, 6.45) is 1.25. The first kappa shape index (κ1) is 21.7. The fraction of sp³-hybridized carbons (Fsp3) is 0.533. The third-order valence-electron chi connectivity index (χ3n) is 1.29. The third kappa shape index (κ3) is 24.0. The van der Waals surface area contributed by atoms with E-state index in [0.29, 0.717) is 0 Å². The second-order valence-corrected chi connectivity index (χ2v) is 3.31. The van der Waals surface area contributed by atoms with Crippen molar-refractivity contribution < 1.29 is 4.79 Å². The summed E-state index contributed by atoms with van der Waals surface area (Å²) in [5.41, 5.74) is 0. The van der Waals surface area contributed by atoms with Gasteiger partial charge in [0, 0.05) is 21.1 Å². The van der Waals surface area contributed by atoms with Crippen molar-refractivity contribution in [3.63, 3.8) is 0 Å². The molecule has 0 fully saturated rings. The van der Waals surface area contributed by atoms with Crippen LogP contribution in [-0.2, 0) is 0 Å². The summed E-state index contributed by atoms with van der Waals surface area (Å²) in [5.74, 6) is 0. The Morgan fingerprint density at radius 2 is 1.17 bits per heavy atom. The highest BCUT2D eigenvalue weighted by atomic mass is 16.2. The number of benzene rings is 1. The molecule has 1 N–H and O–H groups in total. The fourth-order valence-electron chi connectivity index (χ4n) is 0.609. The van der Waals surface area contributed by atoms with E-state index in [-0.39, 0.29) is 6.03 Å². The summed E-state index contributed by atoms with van der Waals surface area (Å²) in [6.45, 7) is 8.25. The van der Waals surface area contributed by atoms with Gasteiger partial charge in [0.25, 0.3) is 0 Å². The molecule has 106 valence electrons. The Kier molecular flexibility index (Phi) is 25.2. The summed E-state index contributed by atoms with van der Waals surface area (Å²) in [4.78, 5) is 11.8. The Bertz CT molecular complexity index is 209. The van der Waals surface area contributed by atoms with Crippen molar-refractivity contribution in [1.29, 1.82) is 0 Å². The van der Waals surface area contributed by atoms with Crippen LogP contribution in [0.2, 0.25) is 0 Å². The van der Waals surface area contributed by atoms with Crippen LogP contribution in [-0.4, -0.2) is 32.1 Å². The van der Waals surface area contributed by atoms with Crippen molar-refractivity contribution in [1.82, 2.24) is 10.2 Å². The van der Waals surface area contributed by atoms with E-state index in [1.165, 1.54) is 11.3 Å². The maximum Gasteiger partial charge on any atom is 0.316 e. The molecule has 0 aliphatic carbocycles. The van der Waals surface area contributed by atoms with E-state index in [2.05, 4.69) is 19.2 Å². The lowest BCUT2D eigenvalue weighted by Gasteiger charge is -2.06. The topological polar surface area (TPSA) is 32.3 Å². The largest absolute Gasteiger partial charge is 0.341 e. The zero-order valence-electron chi connectivity index (χ0n) is 13.0. The molecule has 0 saturated carbocycles. The van der Waals surface area contributed by atoms with Gasteiger partial charge in [0.2, 0.25) is 0 Å². The molecule has 0 unspecified atom stereocenters. The number of carbonyl (C=O) groups excluding carboxylic acids is 1. The minimum atomic E-state index is -0.0694. The summed E-state index contributed by atoms with van der Waals surface area (Å²) < 4.78 is 0. The summed E-state index contributed by atoms with van der Waals surface area (Å²) in [6, 6.07) is 11.9. The number of urea groups is 1. The molecule has 0 atom stereocenters. The molecule has 1 aromatic rings. The first-order chi connectivity index (χ1) is 8.59. The molecule has 2 amide bonds. The Morgan fingerprint density at radius 3 is 1.22 bits per heavy atom. The van der Waals surface area contributed by atoms with Gasteiger partial charge in [-0.1, -0.05) is 70.5 Å². The standard InChI is InChI=1S/C6H6.C4H10N2O.C3H8.C2H6/c1-2-4-6-5-3-1;1-5-4(7)6(2)3;1-3-2;1-2/h1-6H;1-3H3,(H,5,7);3H2,1-2H3;1-2H3. The number of nitrogens with zero attached hydrogens (tertiary/aromatic N) is 1. The van der Waals surface area contributed by atoms with Gasteiger partial charge in [-0.05, 0) is 0 Å². The average Bonchev–Trinajstić information content (AvgIpc) is 2.43. The highest BCUT2D eigenvalue weighted by molar-refractivity contribution is 5.72. The minimum Gasteiger partial charge on any atom is -0.341 e. The van der Waals surface area contributed by atoms with E-state index < -0.39 is 0 Å². The summed E-state index contributed by atoms with van der Waals surface area (Å²) in [5, 5.41) is 2.45. The van der Waals surface area contributed by atoms with Gasteiger partial charge in [-0.2, -0.15) is 0 Å². The maximum atomic E-state index is 10.3. The smallest absolute Gasteiger partial charge is 0.316 e. The Labute approximate surface area is 113 Å². The normalized spacial score (nSPS) is 7.06. The summed E-state index contributed by atoms with van der Waals surface area (Å²) >= 11 is 0. The van der Waals surface area contributed by atoms with Crippen molar-refractivity contribution in [2.75, 3.05) is 21.1 Å². The van der Waals surface area contributed by atoms with E-state index in [0.717, 1.165) is 0 Å². The van der Waals surface area contributed by atoms with Crippen LogP contribution in [0.15, 0.2) is 36.4 Å². The minimum absolute atomic E-state index is 0.0694. The quantitative estimate of drug-likeness (QED) is 0.745. The zero-order chi connectivity index (χ0) is 14.8. The number of hydrogen-bond donors (Lipinski definition) is 1. The van der Waals surface area contributed by atoms with E-state index in [9.17, 15) is 4.79 Å². The Morgan fingerprint density at radius 1 is 0.944 bits per heavy atom. The van der Waals surface area contributed by atoms with Crippen LogP contribution in [0.3, 0.4) is 0 Å². The average molecular weight is 254 g/mol. The van der Waals surface area contributed by atoms with E-state index in [1.54, 1.807) is 21.1 Å². The molecule has 1 rings (SSSR count). The lowest BCUT2D eigenvalue weighted by Crippen LogP contribution is -2.31. The second-order valence-electron chi connectivity index (χ2n) is 3.31. The van der Waals surface area contributed by atoms with Gasteiger partial charge in [-0.3, -0.25) is 0 Å². The van der Waals surface area contributed by atoms with Crippen molar-refractivity contribution >= 4 is 6.03 Å². The molecule has 0 saturated heterocycles. The van der Waals surface area contributed by atoms with Gasteiger partial charge < -0.3 is 10.2 Å². The number of hydrogen-bond acceptors (Lipinski definition) is 1. The highest BCUT2D eigenvalue weighted by Gasteiger charge is 1.94. The van der Waals surface area contributed by atoms with Crippen LogP contribution in [0.25, 0.3) is 0 Å². The monoisotopic (exact) mass is 254 g/mol. The van der Waals surface area contributed by atoms with Crippen LogP contribution in [0.1, 0.15) is 34.1 Å². The fourth-order valence-corrected chi connectivity index (χ4v) is 0.609. The molecule has 0 spiro atoms. The molecule has 0 aromatic heterocycles.